The number of aliphatic hydroxyl groups excluding tert-OH is 1. The van der Waals surface area contributed by atoms with Crippen molar-refractivity contribution in [2.75, 3.05) is 0 Å². The zero-order valence-electron chi connectivity index (χ0n) is 15.1. The van der Waals surface area contributed by atoms with E-state index < -0.39 is 11.5 Å². The number of benzene rings is 2. The highest BCUT2D eigenvalue weighted by atomic mass is 19.1. The van der Waals surface area contributed by atoms with Crippen LogP contribution >= 0.6 is 0 Å². The first-order valence-electron chi connectivity index (χ1n) is 8.85. The minimum Gasteiger partial charge on any atom is -0.504 e. The first kappa shape index (κ1) is 19.2. The summed E-state index contributed by atoms with van der Waals surface area (Å²) in [6.45, 7) is 0.578. The molecule has 0 amide bonds. The number of aryl methyl sites for hydroxylation is 1. The van der Waals surface area contributed by atoms with Gasteiger partial charge in [0.15, 0.2) is 5.76 Å². The third-order valence-corrected chi connectivity index (χ3v) is 4.53. The molecule has 0 bridgehead atoms. The molecule has 0 fully saturated rings. The molecule has 1 aromatic heterocycles. The van der Waals surface area contributed by atoms with Gasteiger partial charge in [0, 0.05) is 30.9 Å². The Balaban J connectivity index is 1.84. The van der Waals surface area contributed by atoms with Crippen molar-refractivity contribution in [3.8, 4) is 0 Å². The number of ketones is 1. The molecular weight excluding hydrogens is 357 g/mol. The van der Waals surface area contributed by atoms with Gasteiger partial charge in [0.2, 0.25) is 5.78 Å². The number of imidazole rings is 1. The van der Waals surface area contributed by atoms with Crippen molar-refractivity contribution in [1.82, 2.24) is 9.55 Å². The van der Waals surface area contributed by atoms with Gasteiger partial charge in [-0.3, -0.25) is 4.79 Å². The molecule has 28 heavy (non-hydrogen) atoms. The van der Waals surface area contributed by atoms with Crippen LogP contribution in [-0.4, -0.2) is 26.7 Å². The average molecular weight is 377 g/mol. The van der Waals surface area contributed by atoms with Crippen LogP contribution in [-0.2, 0) is 11.3 Å². The Morgan fingerprint density at radius 2 is 1.82 bits per heavy atom. The highest BCUT2D eigenvalue weighted by Gasteiger charge is 2.15. The Hall–Kier alpha value is -3.54. The van der Waals surface area contributed by atoms with Crippen LogP contribution in [0.1, 0.15) is 29.3 Å². The summed E-state index contributed by atoms with van der Waals surface area (Å²) in [5, 5.41) is 16.7. The van der Waals surface area contributed by atoms with Crippen LogP contribution in [0.2, 0.25) is 0 Å². The van der Waals surface area contributed by atoms with Crippen molar-refractivity contribution in [3.05, 3.63) is 95.5 Å². The van der Waals surface area contributed by atoms with E-state index in [4.69, 9.17) is 5.41 Å². The lowest BCUT2D eigenvalue weighted by atomic mass is 9.88. The molecule has 0 aliphatic rings. The van der Waals surface area contributed by atoms with Gasteiger partial charge in [0.1, 0.15) is 11.6 Å². The zero-order chi connectivity index (χ0) is 19.9. The van der Waals surface area contributed by atoms with E-state index in [9.17, 15) is 14.3 Å². The number of aromatic nitrogens is 2. The number of rotatable bonds is 8. The van der Waals surface area contributed by atoms with Crippen LogP contribution in [0.3, 0.4) is 0 Å². The maximum Gasteiger partial charge on any atom is 0.237 e. The molecule has 5 nitrogen and oxygen atoms in total. The number of Topliss-reactive ketones (excluding diaryl/α,β-unsaturated/α-hetero) is 1. The summed E-state index contributed by atoms with van der Waals surface area (Å²) in [5.74, 6) is -1.09. The summed E-state index contributed by atoms with van der Waals surface area (Å²) >= 11 is 0. The van der Waals surface area contributed by atoms with Gasteiger partial charge in [-0.1, -0.05) is 42.5 Å². The molecule has 2 N–H and O–H groups in total. The summed E-state index contributed by atoms with van der Waals surface area (Å²) in [6, 6.07) is 16.5. The van der Waals surface area contributed by atoms with Gasteiger partial charge in [0.25, 0.3) is 0 Å². The molecule has 0 unspecified atom stereocenters. The van der Waals surface area contributed by atoms with Gasteiger partial charge < -0.3 is 15.1 Å². The van der Waals surface area contributed by atoms with Gasteiger partial charge in [-0.05, 0) is 29.7 Å². The Morgan fingerprint density at radius 3 is 2.50 bits per heavy atom. The third-order valence-electron chi connectivity index (χ3n) is 4.53. The topological polar surface area (TPSA) is 79.0 Å². The van der Waals surface area contributed by atoms with E-state index in [-0.39, 0.29) is 11.7 Å². The maximum atomic E-state index is 13.3. The summed E-state index contributed by atoms with van der Waals surface area (Å²) < 4.78 is 15.2. The maximum absolute atomic E-state index is 13.3. The molecule has 1 atom stereocenters. The van der Waals surface area contributed by atoms with Crippen molar-refractivity contribution in [2.24, 2.45) is 0 Å². The Bertz CT molecular complexity index is 979. The molecule has 3 rings (SSSR count). The van der Waals surface area contributed by atoms with E-state index in [2.05, 4.69) is 4.98 Å². The normalized spacial score (nSPS) is 12.5. The Morgan fingerprint density at radius 1 is 1.14 bits per heavy atom. The zero-order valence-corrected chi connectivity index (χ0v) is 15.1. The summed E-state index contributed by atoms with van der Waals surface area (Å²) in [5.41, 5.74) is 2.12. The quantitative estimate of drug-likeness (QED) is 0.348. The fourth-order valence-electron chi connectivity index (χ4n) is 3.09. The Labute approximate surface area is 162 Å². The SMILES string of the molecule is N=CC(=O)/C(O)=C/c1nccn1CC[C@@H](c1ccccc1)c1ccc(F)cc1. The van der Waals surface area contributed by atoms with Crippen LogP contribution in [0.4, 0.5) is 4.39 Å². The third kappa shape index (κ3) is 4.59. The average Bonchev–Trinajstić information content (AvgIpc) is 3.16. The van der Waals surface area contributed by atoms with E-state index in [1.165, 1.54) is 18.2 Å². The molecule has 6 heteroatoms. The number of carbonyl (C=O) groups excluding carboxylic acids is 1. The fraction of sp³-hybridized carbons (Fsp3) is 0.136. The van der Waals surface area contributed by atoms with Gasteiger partial charge in [0.05, 0.1) is 6.21 Å². The second kappa shape index (κ2) is 8.90. The van der Waals surface area contributed by atoms with Crippen LogP contribution in [0.15, 0.2) is 72.8 Å². The van der Waals surface area contributed by atoms with Crippen molar-refractivity contribution < 1.29 is 14.3 Å². The second-order valence-corrected chi connectivity index (χ2v) is 6.32. The lowest BCUT2D eigenvalue weighted by molar-refractivity contribution is -0.111. The van der Waals surface area contributed by atoms with Crippen LogP contribution in [0.5, 0.6) is 0 Å². The second-order valence-electron chi connectivity index (χ2n) is 6.32. The van der Waals surface area contributed by atoms with Crippen molar-refractivity contribution >= 4 is 18.1 Å². The minimum atomic E-state index is -0.775. The van der Waals surface area contributed by atoms with E-state index in [1.807, 2.05) is 34.9 Å². The molecule has 0 saturated heterocycles. The predicted octanol–water partition coefficient (Wildman–Crippen LogP) is 4.36. The molecule has 1 heterocycles. The summed E-state index contributed by atoms with van der Waals surface area (Å²) in [7, 11) is 0. The highest BCUT2D eigenvalue weighted by Crippen LogP contribution is 2.29. The molecular formula is C22H20FN3O2. The standard InChI is InChI=1S/C22H20FN3O2/c23-18-8-6-17(7-9-18)19(16-4-2-1-3-5-16)10-12-26-13-11-25-22(26)14-20(27)21(28)15-24/h1-9,11,13-15,19,24,27H,10,12H2/b20-14-,24-15?/t19-/m0/s1. The highest BCUT2D eigenvalue weighted by molar-refractivity contribution is 6.34. The molecule has 0 saturated carbocycles. The molecule has 2 aromatic carbocycles. The van der Waals surface area contributed by atoms with Gasteiger partial charge in [-0.25, -0.2) is 9.37 Å². The van der Waals surface area contributed by atoms with Crippen LogP contribution in [0.25, 0.3) is 6.08 Å². The van der Waals surface area contributed by atoms with Crippen LogP contribution in [0, 0.1) is 11.2 Å². The molecule has 0 spiro atoms. The number of aliphatic hydroxyl groups is 1. The molecule has 0 aliphatic carbocycles. The lowest BCUT2D eigenvalue weighted by Crippen LogP contribution is -2.09. The number of nitrogens with zero attached hydrogens (tertiary/aromatic N) is 2. The monoisotopic (exact) mass is 377 g/mol. The van der Waals surface area contributed by atoms with E-state index in [1.54, 1.807) is 24.5 Å². The number of carbonyl (C=O) groups is 1. The van der Waals surface area contributed by atoms with Gasteiger partial charge in [-0.15, -0.1) is 0 Å². The summed E-state index contributed by atoms with van der Waals surface area (Å²) in [6.07, 6.45) is 5.87. The number of halogens is 1. The van der Waals surface area contributed by atoms with Crippen molar-refractivity contribution in [1.29, 1.82) is 5.41 Å². The van der Waals surface area contributed by atoms with E-state index in [0.29, 0.717) is 25.0 Å². The number of allylic oxidation sites excluding steroid dienone is 1. The fourth-order valence-corrected chi connectivity index (χ4v) is 3.09. The molecule has 0 radical (unpaired) electrons. The van der Waals surface area contributed by atoms with E-state index in [0.717, 1.165) is 11.1 Å². The largest absolute Gasteiger partial charge is 0.504 e. The molecule has 0 aliphatic heterocycles. The Kier molecular flexibility index (Phi) is 6.11. The first-order valence-corrected chi connectivity index (χ1v) is 8.85. The lowest BCUT2D eigenvalue weighted by Gasteiger charge is -2.19. The van der Waals surface area contributed by atoms with Gasteiger partial charge >= 0.3 is 0 Å². The van der Waals surface area contributed by atoms with Crippen molar-refractivity contribution in [3.63, 3.8) is 0 Å². The minimum absolute atomic E-state index is 0.0535. The first-order chi connectivity index (χ1) is 13.6. The number of hydrogen-bond acceptors (Lipinski definition) is 4. The smallest absolute Gasteiger partial charge is 0.237 e. The summed E-state index contributed by atoms with van der Waals surface area (Å²) in [4.78, 5) is 15.5. The van der Waals surface area contributed by atoms with E-state index >= 15 is 0 Å². The molecule has 142 valence electrons. The molecule has 3 aromatic rings. The predicted molar refractivity (Wildman–Crippen MR) is 106 cm³/mol. The van der Waals surface area contributed by atoms with Crippen LogP contribution < -0.4 is 0 Å². The van der Waals surface area contributed by atoms with Crippen molar-refractivity contribution in [2.45, 2.75) is 18.9 Å². The number of hydrogen-bond donors (Lipinski definition) is 2. The van der Waals surface area contributed by atoms with Gasteiger partial charge in [-0.2, -0.15) is 0 Å². The number of nitrogens with one attached hydrogen (secondary N) is 1.